The molecule has 0 bridgehead atoms. The fourth-order valence-electron chi connectivity index (χ4n) is 0.526. The van der Waals surface area contributed by atoms with E-state index in [0.29, 0.717) is 12.1 Å². The van der Waals surface area contributed by atoms with Gasteiger partial charge in [0.15, 0.2) is 8.45 Å². The molecule has 3 nitrogen and oxygen atoms in total. The van der Waals surface area contributed by atoms with Gasteiger partial charge >= 0.3 is 0 Å². The summed E-state index contributed by atoms with van der Waals surface area (Å²) in [6.45, 7) is 8.03. The smallest absolute Gasteiger partial charge is 0.179 e. The van der Waals surface area contributed by atoms with E-state index in [1.54, 1.807) is 0 Å². The summed E-state index contributed by atoms with van der Waals surface area (Å²) in [6, 6.07) is 0.671. The summed E-state index contributed by atoms with van der Waals surface area (Å²) >= 11 is 0. The minimum Gasteiger partial charge on any atom is -0.347 e. The van der Waals surface area contributed by atoms with Gasteiger partial charge in [0.2, 0.25) is 0 Å². The van der Waals surface area contributed by atoms with Gasteiger partial charge in [-0.3, -0.25) is 10.2 Å². The summed E-state index contributed by atoms with van der Waals surface area (Å²) in [5, 5.41) is 5.97. The van der Waals surface area contributed by atoms with Gasteiger partial charge in [0, 0.05) is 12.1 Å². The highest BCUT2D eigenvalue weighted by Crippen LogP contribution is 2.19. The molecular weight excluding hydrogens is 147 g/mol. The van der Waals surface area contributed by atoms with E-state index in [1.165, 1.54) is 0 Å². The molecule has 0 radical (unpaired) electrons. The Hall–Kier alpha value is 0.310. The predicted octanol–water partition coefficient (Wildman–Crippen LogP) is 1.20. The SMILES string of the molecule is CC(C)NP(O)NC(C)C. The van der Waals surface area contributed by atoms with Crippen molar-refractivity contribution in [1.29, 1.82) is 0 Å². The zero-order valence-electron chi connectivity index (χ0n) is 7.05. The molecule has 10 heavy (non-hydrogen) atoms. The fourth-order valence-corrected chi connectivity index (χ4v) is 1.58. The zero-order chi connectivity index (χ0) is 8.15. The lowest BCUT2D eigenvalue weighted by Crippen LogP contribution is -2.27. The third-order valence-corrected chi connectivity index (χ3v) is 2.28. The van der Waals surface area contributed by atoms with Crippen LogP contribution in [0.15, 0.2) is 0 Å². The molecule has 0 aromatic carbocycles. The van der Waals surface area contributed by atoms with Gasteiger partial charge in [0.05, 0.1) is 0 Å². The average Bonchev–Trinajstić information content (AvgIpc) is 1.58. The second-order valence-electron chi connectivity index (χ2n) is 2.88. The Bertz CT molecular complexity index is 77.8. The molecule has 0 aromatic rings. The van der Waals surface area contributed by atoms with Gasteiger partial charge in [-0.1, -0.05) is 0 Å². The van der Waals surface area contributed by atoms with Crippen molar-refractivity contribution < 1.29 is 4.89 Å². The van der Waals surface area contributed by atoms with Crippen molar-refractivity contribution in [2.75, 3.05) is 0 Å². The Labute approximate surface area is 64.2 Å². The van der Waals surface area contributed by atoms with Crippen molar-refractivity contribution in [2.45, 2.75) is 39.8 Å². The number of rotatable bonds is 4. The summed E-state index contributed by atoms with van der Waals surface area (Å²) in [7, 11) is -1.16. The Kier molecular flexibility index (Phi) is 5.18. The van der Waals surface area contributed by atoms with Crippen LogP contribution < -0.4 is 10.2 Å². The first-order valence-corrected chi connectivity index (χ1v) is 4.83. The maximum absolute atomic E-state index is 9.23. The first-order valence-electron chi connectivity index (χ1n) is 3.53. The van der Waals surface area contributed by atoms with E-state index in [1.807, 2.05) is 27.7 Å². The summed E-state index contributed by atoms with van der Waals surface area (Å²) < 4.78 is 0. The van der Waals surface area contributed by atoms with E-state index in [9.17, 15) is 4.89 Å². The van der Waals surface area contributed by atoms with Crippen LogP contribution in [0.3, 0.4) is 0 Å². The first-order chi connectivity index (χ1) is 4.52. The summed E-state index contributed by atoms with van der Waals surface area (Å²) in [5.41, 5.74) is 0. The number of nitrogens with one attached hydrogen (secondary N) is 2. The molecule has 4 heteroatoms. The maximum atomic E-state index is 9.23. The Balaban J connectivity index is 3.34. The Morgan fingerprint density at radius 1 is 1.00 bits per heavy atom. The van der Waals surface area contributed by atoms with E-state index in [-0.39, 0.29) is 0 Å². The van der Waals surface area contributed by atoms with Gasteiger partial charge in [0.25, 0.3) is 0 Å². The first kappa shape index (κ1) is 10.3. The normalized spacial score (nSPS) is 12.0. The van der Waals surface area contributed by atoms with Crippen molar-refractivity contribution in [1.82, 2.24) is 10.2 Å². The van der Waals surface area contributed by atoms with Crippen LogP contribution in [0.2, 0.25) is 0 Å². The lowest BCUT2D eigenvalue weighted by Gasteiger charge is -2.17. The van der Waals surface area contributed by atoms with Crippen molar-refractivity contribution in [3.05, 3.63) is 0 Å². The standard InChI is InChI=1S/C6H17N2OP/c1-5(2)7-10(9)8-6(3)4/h5-9H,1-4H3. The predicted molar refractivity (Wildman–Crippen MR) is 45.7 cm³/mol. The van der Waals surface area contributed by atoms with Crippen molar-refractivity contribution in [2.24, 2.45) is 0 Å². The highest BCUT2D eigenvalue weighted by molar-refractivity contribution is 7.47. The highest BCUT2D eigenvalue weighted by Gasteiger charge is 2.05. The molecule has 0 aliphatic rings. The van der Waals surface area contributed by atoms with Crippen LogP contribution in [0, 0.1) is 0 Å². The van der Waals surface area contributed by atoms with Crippen LogP contribution in [0.4, 0.5) is 0 Å². The number of hydrogen-bond acceptors (Lipinski definition) is 3. The molecule has 0 atom stereocenters. The Morgan fingerprint density at radius 2 is 1.30 bits per heavy atom. The summed E-state index contributed by atoms with van der Waals surface area (Å²) in [4.78, 5) is 9.23. The van der Waals surface area contributed by atoms with Crippen molar-refractivity contribution in [3.8, 4) is 0 Å². The van der Waals surface area contributed by atoms with Crippen molar-refractivity contribution in [3.63, 3.8) is 0 Å². The molecule has 3 N–H and O–H groups in total. The van der Waals surface area contributed by atoms with Gasteiger partial charge in [-0.05, 0) is 27.7 Å². The average molecular weight is 164 g/mol. The molecule has 0 fully saturated rings. The quantitative estimate of drug-likeness (QED) is 0.547. The fraction of sp³-hybridized carbons (Fsp3) is 1.00. The van der Waals surface area contributed by atoms with Crippen LogP contribution in [0.25, 0.3) is 0 Å². The van der Waals surface area contributed by atoms with E-state index in [0.717, 1.165) is 0 Å². The van der Waals surface area contributed by atoms with Crippen LogP contribution >= 0.6 is 8.45 Å². The molecular formula is C6H17N2OP. The molecule has 0 amide bonds. The van der Waals surface area contributed by atoms with E-state index >= 15 is 0 Å². The van der Waals surface area contributed by atoms with Gasteiger partial charge < -0.3 is 4.89 Å². The largest absolute Gasteiger partial charge is 0.347 e. The second kappa shape index (κ2) is 5.03. The summed E-state index contributed by atoms with van der Waals surface area (Å²) in [6.07, 6.45) is 0. The third kappa shape index (κ3) is 6.43. The Morgan fingerprint density at radius 3 is 1.50 bits per heavy atom. The van der Waals surface area contributed by atoms with E-state index in [2.05, 4.69) is 10.2 Å². The molecule has 0 rings (SSSR count). The molecule has 0 saturated carbocycles. The zero-order valence-corrected chi connectivity index (χ0v) is 7.94. The van der Waals surface area contributed by atoms with Gasteiger partial charge in [-0.15, -0.1) is 0 Å². The van der Waals surface area contributed by atoms with Gasteiger partial charge in [-0.25, -0.2) is 0 Å². The monoisotopic (exact) mass is 164 g/mol. The van der Waals surface area contributed by atoms with E-state index in [4.69, 9.17) is 0 Å². The second-order valence-corrected chi connectivity index (χ2v) is 4.02. The van der Waals surface area contributed by atoms with Gasteiger partial charge in [0.1, 0.15) is 0 Å². The molecule has 0 saturated heterocycles. The van der Waals surface area contributed by atoms with Gasteiger partial charge in [-0.2, -0.15) is 0 Å². The minimum atomic E-state index is -1.16. The molecule has 62 valence electrons. The van der Waals surface area contributed by atoms with E-state index < -0.39 is 8.45 Å². The topological polar surface area (TPSA) is 44.3 Å². The molecule has 0 heterocycles. The third-order valence-electron chi connectivity index (χ3n) is 0.761. The number of hydrogen-bond donors (Lipinski definition) is 3. The molecule has 0 spiro atoms. The molecule has 0 unspecified atom stereocenters. The van der Waals surface area contributed by atoms with Crippen LogP contribution in [-0.2, 0) is 0 Å². The van der Waals surface area contributed by atoms with Crippen LogP contribution in [0.1, 0.15) is 27.7 Å². The highest BCUT2D eigenvalue weighted by atomic mass is 31.2. The lowest BCUT2D eigenvalue weighted by atomic mass is 10.4. The van der Waals surface area contributed by atoms with Crippen LogP contribution in [0.5, 0.6) is 0 Å². The molecule has 0 aromatic heterocycles. The molecule has 0 aliphatic heterocycles. The lowest BCUT2D eigenvalue weighted by molar-refractivity contribution is 0.555. The van der Waals surface area contributed by atoms with Crippen molar-refractivity contribution >= 4 is 8.45 Å². The molecule has 0 aliphatic carbocycles. The summed E-state index contributed by atoms with van der Waals surface area (Å²) in [5.74, 6) is 0. The maximum Gasteiger partial charge on any atom is 0.179 e. The minimum absolute atomic E-state index is 0.336. The van der Waals surface area contributed by atoms with Crippen LogP contribution in [-0.4, -0.2) is 17.0 Å².